The van der Waals surface area contributed by atoms with Crippen molar-refractivity contribution in [3.8, 4) is 0 Å². The van der Waals surface area contributed by atoms with Crippen LogP contribution in [0.3, 0.4) is 0 Å². The molecular formula is C10H9F6N. The van der Waals surface area contributed by atoms with Crippen LogP contribution < -0.4 is 5.32 Å². The Balaban J connectivity index is 2.52. The number of hydrogen-bond acceptors (Lipinski definition) is 1. The maximum Gasteiger partial charge on any atom is 0.416 e. The predicted molar refractivity (Wildman–Crippen MR) is 49.2 cm³/mol. The van der Waals surface area contributed by atoms with Gasteiger partial charge in [-0.25, -0.2) is 0 Å². The van der Waals surface area contributed by atoms with Crippen LogP contribution in [0, 0.1) is 0 Å². The predicted octanol–water partition coefficient (Wildman–Crippen LogP) is 3.36. The first-order chi connectivity index (χ1) is 7.68. The lowest BCUT2D eigenvalue weighted by Gasteiger charge is -2.09. The number of benzene rings is 1. The van der Waals surface area contributed by atoms with E-state index in [4.69, 9.17) is 0 Å². The molecule has 1 nitrogen and oxygen atoms in total. The molecule has 0 aromatic heterocycles. The van der Waals surface area contributed by atoms with Crippen molar-refractivity contribution in [2.45, 2.75) is 18.9 Å². The Kier molecular flexibility index (Phi) is 4.03. The normalized spacial score (nSPS) is 12.8. The topological polar surface area (TPSA) is 12.0 Å². The number of hydrogen-bond donors (Lipinski definition) is 1. The van der Waals surface area contributed by atoms with E-state index in [2.05, 4.69) is 5.32 Å². The van der Waals surface area contributed by atoms with E-state index in [1.807, 2.05) is 0 Å². The summed E-state index contributed by atoms with van der Waals surface area (Å²) in [4.78, 5) is 0. The molecule has 0 spiro atoms. The third-order valence-corrected chi connectivity index (χ3v) is 1.94. The van der Waals surface area contributed by atoms with Crippen LogP contribution in [0.2, 0.25) is 0 Å². The standard InChI is InChI=1S/C10H9F6N/c11-9(12,13)6-17-5-7-1-3-8(4-2-7)10(14,15)16/h1-4,17H,5-6H2. The minimum atomic E-state index is -4.43. The van der Waals surface area contributed by atoms with Gasteiger partial charge in [-0.2, -0.15) is 26.3 Å². The molecule has 1 aromatic carbocycles. The van der Waals surface area contributed by atoms with E-state index in [0.29, 0.717) is 5.56 Å². The van der Waals surface area contributed by atoms with E-state index in [1.165, 1.54) is 0 Å². The average Bonchev–Trinajstić information content (AvgIpc) is 2.15. The Morgan fingerprint density at radius 1 is 0.882 bits per heavy atom. The van der Waals surface area contributed by atoms with Gasteiger partial charge in [-0.3, -0.25) is 0 Å². The van der Waals surface area contributed by atoms with Gasteiger partial charge in [-0.1, -0.05) is 12.1 Å². The summed E-state index contributed by atoms with van der Waals surface area (Å²) in [6.45, 7) is -1.30. The van der Waals surface area contributed by atoms with Gasteiger partial charge >= 0.3 is 12.4 Å². The molecule has 0 aliphatic heterocycles. The maximum atomic E-state index is 12.2. The molecule has 96 valence electrons. The second kappa shape index (κ2) is 4.95. The Morgan fingerprint density at radius 3 is 1.82 bits per heavy atom. The minimum Gasteiger partial charge on any atom is -0.305 e. The van der Waals surface area contributed by atoms with Gasteiger partial charge in [0, 0.05) is 6.54 Å². The Morgan fingerprint density at radius 2 is 1.41 bits per heavy atom. The first-order valence-electron chi connectivity index (χ1n) is 4.62. The van der Waals surface area contributed by atoms with E-state index < -0.39 is 24.5 Å². The van der Waals surface area contributed by atoms with Gasteiger partial charge in [-0.15, -0.1) is 0 Å². The van der Waals surface area contributed by atoms with Gasteiger partial charge < -0.3 is 5.32 Å². The second-order valence-electron chi connectivity index (χ2n) is 3.41. The second-order valence-corrected chi connectivity index (χ2v) is 3.41. The Labute approximate surface area is 93.4 Å². The molecule has 0 atom stereocenters. The summed E-state index contributed by atoms with van der Waals surface area (Å²) in [5.41, 5.74) is -0.459. The molecule has 17 heavy (non-hydrogen) atoms. The first-order valence-corrected chi connectivity index (χ1v) is 4.62. The number of rotatable bonds is 3. The zero-order valence-electron chi connectivity index (χ0n) is 8.49. The monoisotopic (exact) mass is 257 g/mol. The SMILES string of the molecule is FC(F)(F)CNCc1ccc(C(F)(F)F)cc1. The molecule has 0 heterocycles. The molecule has 0 bridgehead atoms. The summed E-state index contributed by atoms with van der Waals surface area (Å²) in [5, 5.41) is 2.09. The molecule has 0 unspecified atom stereocenters. The molecule has 1 N–H and O–H groups in total. The van der Waals surface area contributed by atoms with Crippen molar-refractivity contribution in [2.75, 3.05) is 6.54 Å². The zero-order chi connectivity index (χ0) is 13.1. The Hall–Kier alpha value is -1.24. The Bertz CT molecular complexity index is 351. The van der Waals surface area contributed by atoms with Gasteiger partial charge in [-0.05, 0) is 17.7 Å². The molecule has 0 aliphatic carbocycles. The van der Waals surface area contributed by atoms with Crippen LogP contribution in [-0.4, -0.2) is 12.7 Å². The van der Waals surface area contributed by atoms with Crippen molar-refractivity contribution in [3.63, 3.8) is 0 Å². The fraction of sp³-hybridized carbons (Fsp3) is 0.400. The number of halogens is 6. The van der Waals surface area contributed by atoms with Crippen molar-refractivity contribution < 1.29 is 26.3 Å². The molecule has 0 aliphatic rings. The molecule has 1 rings (SSSR count). The molecule has 1 aromatic rings. The zero-order valence-corrected chi connectivity index (χ0v) is 8.49. The molecule has 7 heteroatoms. The van der Waals surface area contributed by atoms with Crippen LogP contribution >= 0.6 is 0 Å². The fourth-order valence-electron chi connectivity index (χ4n) is 1.16. The number of nitrogens with one attached hydrogen (secondary N) is 1. The quantitative estimate of drug-likeness (QED) is 0.819. The summed E-state index contributed by atoms with van der Waals surface area (Å²) >= 11 is 0. The lowest BCUT2D eigenvalue weighted by Crippen LogP contribution is -2.28. The lowest BCUT2D eigenvalue weighted by atomic mass is 10.1. The summed E-state index contributed by atoms with van der Waals surface area (Å²) in [5.74, 6) is 0. The third-order valence-electron chi connectivity index (χ3n) is 1.94. The van der Waals surface area contributed by atoms with Gasteiger partial charge in [0.1, 0.15) is 0 Å². The van der Waals surface area contributed by atoms with E-state index in [1.54, 1.807) is 0 Å². The molecule has 0 radical (unpaired) electrons. The summed E-state index contributed by atoms with van der Waals surface area (Å²) in [6.07, 6.45) is -8.76. The van der Waals surface area contributed by atoms with Crippen molar-refractivity contribution in [2.24, 2.45) is 0 Å². The van der Waals surface area contributed by atoms with Gasteiger partial charge in [0.05, 0.1) is 12.1 Å². The molecule has 0 saturated heterocycles. The van der Waals surface area contributed by atoms with Crippen LogP contribution in [0.15, 0.2) is 24.3 Å². The summed E-state index contributed by atoms with van der Waals surface area (Å²) < 4.78 is 71.8. The lowest BCUT2D eigenvalue weighted by molar-refractivity contribution is -0.137. The highest BCUT2D eigenvalue weighted by Gasteiger charge is 2.30. The van der Waals surface area contributed by atoms with Crippen molar-refractivity contribution in [1.29, 1.82) is 0 Å². The smallest absolute Gasteiger partial charge is 0.305 e. The largest absolute Gasteiger partial charge is 0.416 e. The van der Waals surface area contributed by atoms with E-state index in [-0.39, 0.29) is 6.54 Å². The molecule has 0 amide bonds. The minimum absolute atomic E-state index is 0.127. The average molecular weight is 257 g/mol. The van der Waals surface area contributed by atoms with Crippen molar-refractivity contribution in [3.05, 3.63) is 35.4 Å². The fourth-order valence-corrected chi connectivity index (χ4v) is 1.16. The highest BCUT2D eigenvalue weighted by Crippen LogP contribution is 2.29. The number of alkyl halides is 6. The summed E-state index contributed by atoms with van der Waals surface area (Å²) in [7, 11) is 0. The van der Waals surface area contributed by atoms with Crippen LogP contribution in [0.4, 0.5) is 26.3 Å². The molecule has 0 fully saturated rings. The van der Waals surface area contributed by atoms with Crippen LogP contribution in [0.5, 0.6) is 0 Å². The summed E-state index contributed by atoms with van der Waals surface area (Å²) in [6, 6.07) is 3.97. The van der Waals surface area contributed by atoms with Crippen LogP contribution in [0.1, 0.15) is 11.1 Å². The van der Waals surface area contributed by atoms with Gasteiger partial charge in [0.2, 0.25) is 0 Å². The van der Waals surface area contributed by atoms with Crippen molar-refractivity contribution in [1.82, 2.24) is 5.32 Å². The third kappa shape index (κ3) is 5.08. The van der Waals surface area contributed by atoms with E-state index in [0.717, 1.165) is 24.3 Å². The highest BCUT2D eigenvalue weighted by atomic mass is 19.4. The van der Waals surface area contributed by atoms with E-state index >= 15 is 0 Å². The first kappa shape index (κ1) is 13.8. The van der Waals surface area contributed by atoms with Gasteiger partial charge in [0.15, 0.2) is 0 Å². The van der Waals surface area contributed by atoms with Gasteiger partial charge in [0.25, 0.3) is 0 Å². The van der Waals surface area contributed by atoms with Crippen LogP contribution in [0.25, 0.3) is 0 Å². The molecular weight excluding hydrogens is 248 g/mol. The van der Waals surface area contributed by atoms with Crippen LogP contribution in [-0.2, 0) is 12.7 Å². The maximum absolute atomic E-state index is 12.2. The highest BCUT2D eigenvalue weighted by molar-refractivity contribution is 5.24. The van der Waals surface area contributed by atoms with E-state index in [9.17, 15) is 26.3 Å². The molecule has 0 saturated carbocycles. The van der Waals surface area contributed by atoms with Crippen molar-refractivity contribution >= 4 is 0 Å².